The SMILES string of the molecule is CN1C(=O)C23CC4C1(CN2CCC3(C)O)CC1(C(=O)Nc2c1ccc1c2OCCC(C)(C)O1)C4(C)C. The van der Waals surface area contributed by atoms with E-state index in [1.807, 2.05) is 44.9 Å². The van der Waals surface area contributed by atoms with Crippen molar-refractivity contribution in [3.63, 3.8) is 0 Å². The van der Waals surface area contributed by atoms with Crippen LogP contribution in [0.4, 0.5) is 5.69 Å². The van der Waals surface area contributed by atoms with E-state index in [4.69, 9.17) is 9.47 Å². The van der Waals surface area contributed by atoms with Crippen LogP contribution in [0.15, 0.2) is 12.1 Å². The molecule has 1 saturated carbocycles. The fourth-order valence-electron chi connectivity index (χ4n) is 9.23. The summed E-state index contributed by atoms with van der Waals surface area (Å²) in [5, 5.41) is 14.7. The van der Waals surface area contributed by atoms with Gasteiger partial charge in [0.05, 0.1) is 28.8 Å². The standard InChI is InChI=1S/C28H37N3O5/c1-23(2)10-12-35-20-17(36-23)8-7-16-19(20)29-21(32)27(16)14-26-15-31-11-9-25(5,34)28(31,22(33)30(26)6)13-18(26)24(27,3)4/h7-8,18,34H,9-15H2,1-6H3,(H,29,32). The molecule has 36 heavy (non-hydrogen) atoms. The van der Waals surface area contributed by atoms with Gasteiger partial charge in [0.2, 0.25) is 11.8 Å². The van der Waals surface area contributed by atoms with Crippen LogP contribution in [-0.2, 0) is 15.0 Å². The highest BCUT2D eigenvalue weighted by molar-refractivity contribution is 6.09. The lowest BCUT2D eigenvalue weighted by atomic mass is 9.55. The molecule has 2 amide bonds. The maximum Gasteiger partial charge on any atom is 0.246 e. The number of rotatable bonds is 0. The van der Waals surface area contributed by atoms with Crippen LogP contribution in [0, 0.1) is 11.3 Å². The predicted molar refractivity (Wildman–Crippen MR) is 133 cm³/mol. The molecule has 0 aromatic heterocycles. The topological polar surface area (TPSA) is 91.3 Å². The molecule has 1 aromatic carbocycles. The molecule has 4 saturated heterocycles. The van der Waals surface area contributed by atoms with Gasteiger partial charge in [0.25, 0.3) is 0 Å². The number of aliphatic hydroxyl groups is 1. The van der Waals surface area contributed by atoms with Gasteiger partial charge in [-0.2, -0.15) is 0 Å². The van der Waals surface area contributed by atoms with E-state index >= 15 is 0 Å². The van der Waals surface area contributed by atoms with Gasteiger partial charge in [0, 0.05) is 26.6 Å². The summed E-state index contributed by atoms with van der Waals surface area (Å²) in [5.41, 5.74) is -2.48. The summed E-state index contributed by atoms with van der Waals surface area (Å²) in [6.45, 7) is 12.2. The molecule has 194 valence electrons. The Balaban J connectivity index is 1.41. The maximum atomic E-state index is 14.2. The highest BCUT2D eigenvalue weighted by Gasteiger charge is 2.82. The second kappa shape index (κ2) is 6.21. The Bertz CT molecular complexity index is 1240. The molecule has 2 bridgehead atoms. The molecule has 7 aliphatic rings. The Kier molecular flexibility index (Phi) is 3.94. The Labute approximate surface area is 212 Å². The van der Waals surface area contributed by atoms with Crippen molar-refractivity contribution in [2.75, 3.05) is 32.1 Å². The molecule has 6 aliphatic heterocycles. The molecule has 5 fully saturated rings. The van der Waals surface area contributed by atoms with Crippen LogP contribution in [0.2, 0.25) is 0 Å². The number of amides is 2. The van der Waals surface area contributed by atoms with Crippen LogP contribution >= 0.6 is 0 Å². The van der Waals surface area contributed by atoms with Crippen molar-refractivity contribution < 1.29 is 24.2 Å². The zero-order chi connectivity index (χ0) is 25.7. The molecular formula is C28H37N3O5. The summed E-state index contributed by atoms with van der Waals surface area (Å²) in [6.07, 6.45) is 2.46. The number of fused-ring (bicyclic) bond motifs is 5. The molecule has 5 unspecified atom stereocenters. The largest absolute Gasteiger partial charge is 0.487 e. The number of hydrogen-bond donors (Lipinski definition) is 2. The van der Waals surface area contributed by atoms with E-state index in [1.54, 1.807) is 0 Å². The normalized spacial score (nSPS) is 43.3. The molecule has 1 aromatic rings. The molecule has 5 atom stereocenters. The smallest absolute Gasteiger partial charge is 0.246 e. The number of carbonyl (C=O) groups is 2. The minimum absolute atomic E-state index is 0.000119. The molecular weight excluding hydrogens is 458 g/mol. The van der Waals surface area contributed by atoms with Gasteiger partial charge < -0.3 is 24.8 Å². The fraction of sp³-hybridized carbons (Fsp3) is 0.714. The van der Waals surface area contributed by atoms with E-state index in [1.165, 1.54) is 0 Å². The van der Waals surface area contributed by atoms with Gasteiger partial charge in [-0.1, -0.05) is 19.9 Å². The van der Waals surface area contributed by atoms with Crippen LogP contribution in [0.3, 0.4) is 0 Å². The minimum Gasteiger partial charge on any atom is -0.487 e. The Morgan fingerprint density at radius 2 is 1.86 bits per heavy atom. The molecule has 2 N–H and O–H groups in total. The minimum atomic E-state index is -1.10. The molecule has 6 heterocycles. The van der Waals surface area contributed by atoms with Crippen molar-refractivity contribution in [2.45, 2.75) is 88.0 Å². The van der Waals surface area contributed by atoms with Gasteiger partial charge in [0.15, 0.2) is 11.5 Å². The van der Waals surface area contributed by atoms with Crippen molar-refractivity contribution in [1.29, 1.82) is 0 Å². The quantitative estimate of drug-likeness (QED) is 0.575. The highest BCUT2D eigenvalue weighted by Crippen LogP contribution is 2.73. The van der Waals surface area contributed by atoms with Crippen molar-refractivity contribution in [3.05, 3.63) is 17.7 Å². The summed E-state index contributed by atoms with van der Waals surface area (Å²) in [4.78, 5) is 32.3. The second-order valence-corrected chi connectivity index (χ2v) is 13.6. The number of ether oxygens (including phenoxy) is 2. The van der Waals surface area contributed by atoms with E-state index in [2.05, 4.69) is 24.1 Å². The first-order valence-electron chi connectivity index (χ1n) is 13.3. The van der Waals surface area contributed by atoms with Crippen molar-refractivity contribution in [3.8, 4) is 11.5 Å². The third kappa shape index (κ3) is 2.19. The zero-order valence-electron chi connectivity index (χ0n) is 22.2. The third-order valence-corrected chi connectivity index (χ3v) is 11.3. The highest BCUT2D eigenvalue weighted by atomic mass is 16.5. The lowest BCUT2D eigenvalue weighted by Crippen LogP contribution is -2.82. The number of nitrogens with one attached hydrogen (secondary N) is 1. The van der Waals surface area contributed by atoms with Crippen LogP contribution in [0.25, 0.3) is 0 Å². The molecule has 8 heteroatoms. The monoisotopic (exact) mass is 495 g/mol. The van der Waals surface area contributed by atoms with E-state index in [0.717, 1.165) is 12.0 Å². The lowest BCUT2D eigenvalue weighted by molar-refractivity contribution is -0.206. The van der Waals surface area contributed by atoms with Gasteiger partial charge in [-0.3, -0.25) is 14.5 Å². The first-order chi connectivity index (χ1) is 16.7. The number of carbonyl (C=O) groups excluding carboxylic acids is 2. The number of likely N-dealkylation sites (N-methyl/N-ethyl adjacent to an activating group) is 1. The van der Waals surface area contributed by atoms with Crippen LogP contribution in [-0.4, -0.2) is 75.7 Å². The summed E-state index contributed by atoms with van der Waals surface area (Å²) >= 11 is 0. The van der Waals surface area contributed by atoms with Gasteiger partial charge in [-0.05, 0) is 63.0 Å². The number of hydrogen-bond acceptors (Lipinski definition) is 6. The molecule has 1 aliphatic carbocycles. The fourth-order valence-corrected chi connectivity index (χ4v) is 9.23. The molecule has 8 rings (SSSR count). The first kappa shape index (κ1) is 22.8. The summed E-state index contributed by atoms with van der Waals surface area (Å²) < 4.78 is 12.5. The van der Waals surface area contributed by atoms with E-state index < -0.39 is 27.5 Å². The maximum absolute atomic E-state index is 14.2. The Hall–Kier alpha value is -2.32. The predicted octanol–water partition coefficient (Wildman–Crippen LogP) is 2.67. The van der Waals surface area contributed by atoms with Crippen LogP contribution in [0.1, 0.15) is 65.9 Å². The zero-order valence-corrected chi connectivity index (χ0v) is 22.2. The number of nitrogens with zero attached hydrogens (tertiary/aromatic N) is 2. The van der Waals surface area contributed by atoms with E-state index in [0.29, 0.717) is 56.1 Å². The van der Waals surface area contributed by atoms with Gasteiger partial charge in [-0.15, -0.1) is 0 Å². The second-order valence-electron chi connectivity index (χ2n) is 13.6. The van der Waals surface area contributed by atoms with Crippen molar-refractivity contribution >= 4 is 17.5 Å². The van der Waals surface area contributed by atoms with E-state index in [-0.39, 0.29) is 23.3 Å². The van der Waals surface area contributed by atoms with Crippen LogP contribution in [0.5, 0.6) is 11.5 Å². The molecule has 3 spiro atoms. The Morgan fingerprint density at radius 3 is 2.61 bits per heavy atom. The van der Waals surface area contributed by atoms with Crippen molar-refractivity contribution in [2.24, 2.45) is 11.3 Å². The molecule has 8 nitrogen and oxygen atoms in total. The summed E-state index contributed by atoms with van der Waals surface area (Å²) in [5.74, 6) is 1.30. The van der Waals surface area contributed by atoms with E-state index in [9.17, 15) is 14.7 Å². The number of piperazine rings is 1. The number of anilines is 1. The van der Waals surface area contributed by atoms with Gasteiger partial charge in [-0.25, -0.2) is 0 Å². The number of piperidine rings is 2. The molecule has 0 radical (unpaired) electrons. The van der Waals surface area contributed by atoms with Gasteiger partial charge in [0.1, 0.15) is 11.1 Å². The Morgan fingerprint density at radius 1 is 1.11 bits per heavy atom. The average molecular weight is 496 g/mol. The third-order valence-electron chi connectivity index (χ3n) is 11.3. The number of benzene rings is 1. The van der Waals surface area contributed by atoms with Crippen LogP contribution < -0.4 is 14.8 Å². The average Bonchev–Trinajstić information content (AvgIpc) is 3.25. The first-order valence-corrected chi connectivity index (χ1v) is 13.3. The lowest BCUT2D eigenvalue weighted by Gasteiger charge is -2.65. The summed E-state index contributed by atoms with van der Waals surface area (Å²) in [6, 6.07) is 3.99. The summed E-state index contributed by atoms with van der Waals surface area (Å²) in [7, 11) is 1.89. The van der Waals surface area contributed by atoms with Crippen molar-refractivity contribution in [1.82, 2.24) is 9.80 Å². The van der Waals surface area contributed by atoms with Gasteiger partial charge >= 0.3 is 0 Å².